The maximum Gasteiger partial charge on any atom is 0.241 e. The Kier molecular flexibility index (Phi) is 2.42. The van der Waals surface area contributed by atoms with Gasteiger partial charge in [0.2, 0.25) is 11.8 Å². The fourth-order valence-corrected chi connectivity index (χ4v) is 4.14. The van der Waals surface area contributed by atoms with Crippen LogP contribution < -0.4 is 4.90 Å². The molecule has 1 aromatic carbocycles. The van der Waals surface area contributed by atoms with Gasteiger partial charge >= 0.3 is 0 Å². The van der Waals surface area contributed by atoms with E-state index in [4.69, 9.17) is 4.74 Å². The van der Waals surface area contributed by atoms with Gasteiger partial charge in [0.25, 0.3) is 0 Å². The standard InChI is InChI=1S/C16H14BrNO3/c1-15-7-8-16(2,21-15)12-11(15)13(19)18(14(12)20)10-5-3-9(17)4-6-10/h3-8,11-12H,1-2H3/t11-,12-,15-,16+/m0/s1. The van der Waals surface area contributed by atoms with E-state index in [-0.39, 0.29) is 11.8 Å². The molecule has 2 amide bonds. The molecule has 5 heteroatoms. The first-order valence-electron chi connectivity index (χ1n) is 6.90. The second kappa shape index (κ2) is 3.84. The Bertz CT molecular complexity index is 662. The third kappa shape index (κ3) is 1.53. The molecule has 2 bridgehead atoms. The lowest BCUT2D eigenvalue weighted by Gasteiger charge is -2.25. The molecule has 0 spiro atoms. The summed E-state index contributed by atoms with van der Waals surface area (Å²) in [6.45, 7) is 3.77. The van der Waals surface area contributed by atoms with Gasteiger partial charge in [0, 0.05) is 4.47 Å². The number of ether oxygens (including phenoxy) is 1. The molecule has 108 valence electrons. The number of nitrogens with zero attached hydrogens (tertiary/aromatic N) is 1. The SMILES string of the molecule is C[C@]12C=C[C@](C)(O1)[C@@H]1C(=O)N(c3ccc(Br)cc3)C(=O)[C@H]12. The maximum atomic E-state index is 12.8. The Morgan fingerprint density at radius 2 is 1.48 bits per heavy atom. The second-order valence-electron chi connectivity index (χ2n) is 6.25. The van der Waals surface area contributed by atoms with Crippen LogP contribution >= 0.6 is 15.9 Å². The van der Waals surface area contributed by atoms with Crippen molar-refractivity contribution in [2.75, 3.05) is 4.90 Å². The summed E-state index contributed by atoms with van der Waals surface area (Å²) >= 11 is 3.36. The van der Waals surface area contributed by atoms with Crippen LogP contribution in [0, 0.1) is 11.8 Å². The first kappa shape index (κ1) is 13.2. The van der Waals surface area contributed by atoms with Gasteiger partial charge in [-0.1, -0.05) is 28.1 Å². The highest BCUT2D eigenvalue weighted by Crippen LogP contribution is 2.57. The molecule has 3 aliphatic rings. The van der Waals surface area contributed by atoms with Gasteiger partial charge < -0.3 is 4.74 Å². The molecule has 2 saturated heterocycles. The van der Waals surface area contributed by atoms with E-state index < -0.39 is 23.0 Å². The average Bonchev–Trinajstić information content (AvgIpc) is 2.97. The summed E-state index contributed by atoms with van der Waals surface area (Å²) in [5, 5.41) is 0. The number of benzene rings is 1. The number of halogens is 1. The largest absolute Gasteiger partial charge is 0.359 e. The van der Waals surface area contributed by atoms with Crippen LogP contribution in [0.5, 0.6) is 0 Å². The molecule has 1 aromatic rings. The summed E-state index contributed by atoms with van der Waals surface area (Å²) in [5.41, 5.74) is -0.721. The van der Waals surface area contributed by atoms with Crippen molar-refractivity contribution < 1.29 is 14.3 Å². The van der Waals surface area contributed by atoms with Gasteiger partial charge in [0.15, 0.2) is 0 Å². The van der Waals surface area contributed by atoms with Crippen molar-refractivity contribution in [1.29, 1.82) is 0 Å². The minimum atomic E-state index is -0.670. The number of carbonyl (C=O) groups excluding carboxylic acids is 2. The zero-order chi connectivity index (χ0) is 15.0. The van der Waals surface area contributed by atoms with Gasteiger partial charge in [-0.3, -0.25) is 9.59 Å². The van der Waals surface area contributed by atoms with Crippen molar-refractivity contribution in [3.8, 4) is 0 Å². The molecule has 0 N–H and O–H groups in total. The fraction of sp³-hybridized carbons (Fsp3) is 0.375. The van der Waals surface area contributed by atoms with Crippen molar-refractivity contribution in [3.63, 3.8) is 0 Å². The molecule has 4 rings (SSSR count). The molecule has 21 heavy (non-hydrogen) atoms. The highest BCUT2D eigenvalue weighted by molar-refractivity contribution is 9.10. The Morgan fingerprint density at radius 1 is 1.00 bits per heavy atom. The van der Waals surface area contributed by atoms with E-state index in [9.17, 15) is 9.59 Å². The van der Waals surface area contributed by atoms with E-state index in [1.807, 2.05) is 38.1 Å². The summed E-state index contributed by atoms with van der Waals surface area (Å²) in [5.74, 6) is -1.18. The molecule has 3 heterocycles. The minimum absolute atomic E-state index is 0.164. The van der Waals surface area contributed by atoms with Gasteiger partial charge in [-0.25, -0.2) is 4.90 Å². The Morgan fingerprint density at radius 3 is 1.95 bits per heavy atom. The quantitative estimate of drug-likeness (QED) is 0.579. The topological polar surface area (TPSA) is 46.6 Å². The maximum absolute atomic E-state index is 12.8. The van der Waals surface area contributed by atoms with Gasteiger partial charge in [-0.05, 0) is 38.1 Å². The van der Waals surface area contributed by atoms with Crippen LogP contribution in [0.4, 0.5) is 5.69 Å². The number of hydrogen-bond donors (Lipinski definition) is 0. The van der Waals surface area contributed by atoms with Crippen LogP contribution in [-0.4, -0.2) is 23.0 Å². The average molecular weight is 348 g/mol. The van der Waals surface area contributed by atoms with Crippen LogP contribution in [0.3, 0.4) is 0 Å². The summed E-state index contributed by atoms with van der Waals surface area (Å²) in [6, 6.07) is 7.22. The fourth-order valence-electron chi connectivity index (χ4n) is 3.88. The Labute approximate surface area is 130 Å². The van der Waals surface area contributed by atoms with Crippen molar-refractivity contribution in [3.05, 3.63) is 40.9 Å². The normalized spacial score (nSPS) is 40.2. The number of fused-ring (bicyclic) bond motifs is 5. The highest BCUT2D eigenvalue weighted by Gasteiger charge is 2.70. The van der Waals surface area contributed by atoms with Gasteiger partial charge in [-0.15, -0.1) is 0 Å². The molecule has 4 atom stereocenters. The van der Waals surface area contributed by atoms with Crippen LogP contribution in [0.25, 0.3) is 0 Å². The van der Waals surface area contributed by atoms with E-state index in [2.05, 4.69) is 15.9 Å². The monoisotopic (exact) mass is 347 g/mol. The summed E-state index contributed by atoms with van der Waals surface area (Å²) in [6.07, 6.45) is 3.84. The van der Waals surface area contributed by atoms with Crippen molar-refractivity contribution in [2.24, 2.45) is 11.8 Å². The van der Waals surface area contributed by atoms with Crippen LogP contribution in [0.1, 0.15) is 13.8 Å². The molecule has 0 saturated carbocycles. The Balaban J connectivity index is 1.80. The molecule has 0 aromatic heterocycles. The van der Waals surface area contributed by atoms with E-state index in [0.717, 1.165) is 4.47 Å². The smallest absolute Gasteiger partial charge is 0.241 e. The summed E-state index contributed by atoms with van der Waals surface area (Å²) in [7, 11) is 0. The van der Waals surface area contributed by atoms with Gasteiger partial charge in [-0.2, -0.15) is 0 Å². The van der Waals surface area contributed by atoms with Crippen LogP contribution in [-0.2, 0) is 14.3 Å². The molecule has 0 unspecified atom stereocenters. The Hall–Kier alpha value is -1.46. The molecular formula is C16H14BrNO3. The van der Waals surface area contributed by atoms with Crippen molar-refractivity contribution >= 4 is 33.4 Å². The number of hydrogen-bond acceptors (Lipinski definition) is 3. The third-order valence-electron chi connectivity index (χ3n) is 4.81. The third-order valence-corrected chi connectivity index (χ3v) is 5.34. The predicted octanol–water partition coefficient (Wildman–Crippen LogP) is 2.67. The first-order valence-corrected chi connectivity index (χ1v) is 7.69. The second-order valence-corrected chi connectivity index (χ2v) is 7.16. The number of imide groups is 1. The van der Waals surface area contributed by atoms with Gasteiger partial charge in [0.1, 0.15) is 0 Å². The highest BCUT2D eigenvalue weighted by atomic mass is 79.9. The molecular weight excluding hydrogens is 334 g/mol. The van der Waals surface area contributed by atoms with Gasteiger partial charge in [0.05, 0.1) is 28.7 Å². The van der Waals surface area contributed by atoms with E-state index >= 15 is 0 Å². The number of anilines is 1. The lowest BCUT2D eigenvalue weighted by atomic mass is 9.73. The molecule has 2 fully saturated rings. The lowest BCUT2D eigenvalue weighted by Crippen LogP contribution is -2.39. The molecule has 4 nitrogen and oxygen atoms in total. The number of rotatable bonds is 1. The first-order chi connectivity index (χ1) is 9.86. The van der Waals surface area contributed by atoms with Crippen LogP contribution in [0.2, 0.25) is 0 Å². The molecule has 0 aliphatic carbocycles. The van der Waals surface area contributed by atoms with Crippen molar-refractivity contribution in [1.82, 2.24) is 0 Å². The molecule has 3 aliphatic heterocycles. The predicted molar refractivity (Wildman–Crippen MR) is 80.7 cm³/mol. The van der Waals surface area contributed by atoms with Crippen LogP contribution in [0.15, 0.2) is 40.9 Å². The zero-order valence-corrected chi connectivity index (χ0v) is 13.3. The van der Waals surface area contributed by atoms with Crippen molar-refractivity contribution in [2.45, 2.75) is 25.0 Å². The number of amides is 2. The molecule has 0 radical (unpaired) electrons. The lowest BCUT2D eigenvalue weighted by molar-refractivity contribution is -0.128. The number of carbonyl (C=O) groups is 2. The summed E-state index contributed by atoms with van der Waals surface area (Å²) in [4.78, 5) is 26.9. The minimum Gasteiger partial charge on any atom is -0.359 e. The summed E-state index contributed by atoms with van der Waals surface area (Å²) < 4.78 is 6.88. The van der Waals surface area contributed by atoms with E-state index in [1.54, 1.807) is 12.1 Å². The van der Waals surface area contributed by atoms with E-state index in [0.29, 0.717) is 5.69 Å². The van der Waals surface area contributed by atoms with E-state index in [1.165, 1.54) is 4.90 Å². The zero-order valence-electron chi connectivity index (χ0n) is 11.7.